The molecule has 1 aliphatic rings. The lowest BCUT2D eigenvalue weighted by Gasteiger charge is -2.31. The van der Waals surface area contributed by atoms with Gasteiger partial charge in [-0.2, -0.15) is 4.31 Å². The summed E-state index contributed by atoms with van der Waals surface area (Å²) in [4.78, 5) is 34.9. The van der Waals surface area contributed by atoms with E-state index in [9.17, 15) is 18.0 Å². The highest BCUT2D eigenvalue weighted by molar-refractivity contribution is 7.89. The molecule has 15 heteroatoms. The van der Waals surface area contributed by atoms with Gasteiger partial charge in [0, 0.05) is 48.8 Å². The number of carbonyl (C=O) groups excluding carboxylic acids is 2. The Labute approximate surface area is 278 Å². The quantitative estimate of drug-likeness (QED) is 0.110. The highest BCUT2D eigenvalue weighted by atomic mass is 35.5. The minimum absolute atomic E-state index is 0. The number of benzene rings is 2. The van der Waals surface area contributed by atoms with Crippen LogP contribution >= 0.6 is 22.9 Å². The standard InChI is InChI=1S/C28H32ClN5O5S2.C2H4O2.CH4/c1-17(32-26(35)16-27(36)33-20-6-3-18(4-7-20)28(30)31)19-5-9-24(22(15-19)23-8-10-25(29)40-23)41(37,38)34-13-11-21(39-2)12-14-34;1-2(3)4;/h3-10,15,17,21H,11-14,16H2,1-2H3,(H3,30,31)(H,32,35)(H,33,36);1H3,(H,3,4);1H4/t17-;;/m0../s1. The van der Waals surface area contributed by atoms with E-state index in [4.69, 9.17) is 37.4 Å². The van der Waals surface area contributed by atoms with Crippen LogP contribution in [0.25, 0.3) is 10.4 Å². The van der Waals surface area contributed by atoms with Crippen molar-refractivity contribution in [3.05, 3.63) is 70.1 Å². The van der Waals surface area contributed by atoms with E-state index in [0.29, 0.717) is 57.5 Å². The van der Waals surface area contributed by atoms with Gasteiger partial charge in [-0.3, -0.25) is 19.8 Å². The molecule has 0 unspecified atom stereocenters. The lowest BCUT2D eigenvalue weighted by atomic mass is 10.0. The molecule has 250 valence electrons. The van der Waals surface area contributed by atoms with Crippen LogP contribution in [-0.2, 0) is 29.1 Å². The number of hydrogen-bond acceptors (Lipinski definition) is 8. The number of carboxylic acid groups (broad SMARTS) is 1. The lowest BCUT2D eigenvalue weighted by Crippen LogP contribution is -2.40. The van der Waals surface area contributed by atoms with E-state index >= 15 is 0 Å². The molecule has 3 aromatic rings. The third-order valence-corrected chi connectivity index (χ3v) is 10.1. The molecule has 2 aromatic carbocycles. The molecule has 12 nitrogen and oxygen atoms in total. The van der Waals surface area contributed by atoms with Crippen molar-refractivity contribution in [2.75, 3.05) is 25.5 Å². The number of anilines is 1. The lowest BCUT2D eigenvalue weighted by molar-refractivity contribution is -0.134. The number of hydrogen-bond donors (Lipinski definition) is 5. The van der Waals surface area contributed by atoms with Crippen LogP contribution in [0.2, 0.25) is 4.34 Å². The summed E-state index contributed by atoms with van der Waals surface area (Å²) in [5.41, 5.74) is 7.62. The number of nitrogens with two attached hydrogens (primary N) is 1. The maximum atomic E-state index is 13.7. The molecule has 2 heterocycles. The van der Waals surface area contributed by atoms with Crippen LogP contribution in [0, 0.1) is 5.41 Å². The Balaban J connectivity index is 0.00000139. The molecule has 1 fully saturated rings. The van der Waals surface area contributed by atoms with Crippen LogP contribution in [-0.4, -0.2) is 67.8 Å². The fourth-order valence-electron chi connectivity index (χ4n) is 4.60. The number of carboxylic acids is 1. The van der Waals surface area contributed by atoms with E-state index in [1.54, 1.807) is 68.6 Å². The Morgan fingerprint density at radius 2 is 1.72 bits per heavy atom. The number of halogens is 1. The molecule has 4 rings (SSSR count). The maximum absolute atomic E-state index is 13.7. The zero-order valence-electron chi connectivity index (χ0n) is 25.0. The first-order chi connectivity index (χ1) is 21.2. The number of carbonyl (C=O) groups is 3. The van der Waals surface area contributed by atoms with Crippen LogP contribution in [0.5, 0.6) is 0 Å². The van der Waals surface area contributed by atoms with Gasteiger partial charge >= 0.3 is 0 Å². The van der Waals surface area contributed by atoms with Gasteiger partial charge in [0.2, 0.25) is 21.8 Å². The number of sulfonamides is 1. The van der Waals surface area contributed by atoms with Crippen molar-refractivity contribution < 1.29 is 32.6 Å². The first kappa shape index (κ1) is 38.4. The van der Waals surface area contributed by atoms with Crippen LogP contribution < -0.4 is 16.4 Å². The average Bonchev–Trinajstić information content (AvgIpc) is 3.42. The summed E-state index contributed by atoms with van der Waals surface area (Å²) in [6.07, 6.45) is 0.872. The molecule has 2 amide bonds. The second-order valence-corrected chi connectivity index (χ2v) is 13.8. The number of nitrogens with one attached hydrogen (secondary N) is 3. The number of thiophene rings is 1. The Morgan fingerprint density at radius 3 is 2.24 bits per heavy atom. The zero-order chi connectivity index (χ0) is 33.3. The van der Waals surface area contributed by atoms with Gasteiger partial charge in [-0.15, -0.1) is 11.3 Å². The molecule has 1 aliphatic heterocycles. The molecule has 0 spiro atoms. The van der Waals surface area contributed by atoms with Crippen molar-refractivity contribution in [2.45, 2.75) is 57.6 Å². The van der Waals surface area contributed by atoms with Crippen LogP contribution in [0.1, 0.15) is 57.7 Å². The predicted octanol–water partition coefficient (Wildman–Crippen LogP) is 5.09. The van der Waals surface area contributed by atoms with Crippen molar-refractivity contribution in [1.29, 1.82) is 5.41 Å². The smallest absolute Gasteiger partial charge is 0.300 e. The Kier molecular flexibility index (Phi) is 14.3. The molecule has 46 heavy (non-hydrogen) atoms. The van der Waals surface area contributed by atoms with Crippen LogP contribution in [0.3, 0.4) is 0 Å². The highest BCUT2D eigenvalue weighted by Gasteiger charge is 2.32. The Morgan fingerprint density at radius 1 is 1.11 bits per heavy atom. The van der Waals surface area contributed by atoms with E-state index in [2.05, 4.69) is 10.6 Å². The number of methoxy groups -OCH3 is 1. The van der Waals surface area contributed by atoms with Gasteiger partial charge in [0.25, 0.3) is 5.97 Å². The molecule has 0 radical (unpaired) electrons. The van der Waals surface area contributed by atoms with Gasteiger partial charge in [-0.05, 0) is 73.9 Å². The van der Waals surface area contributed by atoms with Crippen molar-refractivity contribution in [3.63, 3.8) is 0 Å². The van der Waals surface area contributed by atoms with Gasteiger partial charge in [0.1, 0.15) is 12.3 Å². The summed E-state index contributed by atoms with van der Waals surface area (Å²) in [7, 11) is -2.17. The summed E-state index contributed by atoms with van der Waals surface area (Å²) < 4.78 is 34.8. The first-order valence-corrected chi connectivity index (χ1v) is 16.5. The van der Waals surface area contributed by atoms with Crippen molar-refractivity contribution in [3.8, 4) is 10.4 Å². The number of nitrogens with zero attached hydrogens (tertiary/aromatic N) is 1. The molecule has 6 N–H and O–H groups in total. The van der Waals surface area contributed by atoms with Gasteiger partial charge in [0.15, 0.2) is 0 Å². The van der Waals surface area contributed by atoms with Gasteiger partial charge < -0.3 is 26.2 Å². The van der Waals surface area contributed by atoms with Crippen molar-refractivity contribution >= 4 is 62.3 Å². The van der Waals surface area contributed by atoms with E-state index in [1.165, 1.54) is 15.6 Å². The molecule has 1 atom stereocenters. The van der Waals surface area contributed by atoms with E-state index in [0.717, 1.165) is 6.92 Å². The number of ether oxygens (including phenoxy) is 1. The summed E-state index contributed by atoms with van der Waals surface area (Å²) in [5.74, 6) is -1.91. The van der Waals surface area contributed by atoms with Crippen molar-refractivity contribution in [1.82, 2.24) is 9.62 Å². The summed E-state index contributed by atoms with van der Waals surface area (Å²) >= 11 is 7.46. The number of piperidine rings is 1. The summed E-state index contributed by atoms with van der Waals surface area (Å²) in [6.45, 7) is 3.58. The van der Waals surface area contributed by atoms with Crippen molar-refractivity contribution in [2.24, 2.45) is 5.73 Å². The Hall–Kier alpha value is -3.82. The topological polar surface area (TPSA) is 192 Å². The monoisotopic (exact) mass is 693 g/mol. The molecule has 1 aromatic heterocycles. The van der Waals surface area contributed by atoms with Gasteiger partial charge in [-0.1, -0.05) is 25.1 Å². The fourth-order valence-corrected chi connectivity index (χ4v) is 7.40. The summed E-state index contributed by atoms with van der Waals surface area (Å²) in [5, 5.41) is 20.3. The number of amides is 2. The number of nitrogen functional groups attached to an aromatic ring is 1. The van der Waals surface area contributed by atoms with Gasteiger partial charge in [0.05, 0.1) is 21.4 Å². The van der Waals surface area contributed by atoms with Crippen LogP contribution in [0.4, 0.5) is 5.69 Å². The van der Waals surface area contributed by atoms with Crippen LogP contribution in [0.15, 0.2) is 59.5 Å². The number of aliphatic carboxylic acids is 1. The Bertz CT molecular complexity index is 1630. The normalized spacial score (nSPS) is 14.2. The second kappa shape index (κ2) is 17.2. The van der Waals surface area contributed by atoms with E-state index in [-0.39, 0.29) is 24.3 Å². The first-order valence-electron chi connectivity index (χ1n) is 13.9. The number of amidine groups is 1. The fraction of sp³-hybridized carbons (Fsp3) is 0.355. The van der Waals surface area contributed by atoms with E-state index in [1.807, 2.05) is 0 Å². The molecular weight excluding hydrogens is 654 g/mol. The van der Waals surface area contributed by atoms with E-state index < -0.39 is 40.3 Å². The largest absolute Gasteiger partial charge is 0.481 e. The molecular formula is C31H40ClN5O7S2. The molecule has 0 saturated carbocycles. The third-order valence-electron chi connectivity index (χ3n) is 6.87. The number of rotatable bonds is 10. The zero-order valence-corrected chi connectivity index (χ0v) is 27.4. The highest BCUT2D eigenvalue weighted by Crippen LogP contribution is 2.38. The average molecular weight is 694 g/mol. The van der Waals surface area contributed by atoms with Gasteiger partial charge in [-0.25, -0.2) is 8.42 Å². The minimum atomic E-state index is -3.80. The SMILES string of the molecule is C.CC(=O)O.COC1CCN(S(=O)(=O)c2ccc([C@H](C)NC(=O)CC(=O)Nc3ccc(C(=N)N)cc3)cc2-c2ccc(Cl)s2)CC1. The molecule has 1 saturated heterocycles. The second-order valence-electron chi connectivity index (χ2n) is 10.2. The molecule has 0 bridgehead atoms. The summed E-state index contributed by atoms with van der Waals surface area (Å²) in [6, 6.07) is 14.4. The maximum Gasteiger partial charge on any atom is 0.300 e. The minimum Gasteiger partial charge on any atom is -0.481 e. The third kappa shape index (κ3) is 10.6. The molecule has 0 aliphatic carbocycles. The predicted molar refractivity (Wildman–Crippen MR) is 181 cm³/mol.